The highest BCUT2D eigenvalue weighted by Gasteiger charge is 2.75. The number of nitrogens with zero attached hydrogens (tertiary/aromatic N) is 6. The number of carbonyl (C=O) groups is 4. The van der Waals surface area contributed by atoms with Gasteiger partial charge < -0.3 is 20.3 Å². The monoisotopic (exact) mass is 879 g/mol. The van der Waals surface area contributed by atoms with Gasteiger partial charge in [-0.25, -0.2) is 14.4 Å². The number of imide groups is 1. The number of carbonyl (C=O) groups excluding carboxylic acids is 4. The van der Waals surface area contributed by atoms with Crippen molar-refractivity contribution in [2.75, 3.05) is 4.90 Å². The standard InChI is InChI=1S/C50H37N7O9/c51-46(59)41-43-47(60)66-44(33-13-5-2-6-14-33)42(32-11-3-1-4-12-32)56(43)45(34-20-24-36(58)25-21-34)50(41)37-28-30(10-9-27-54-40-16-8-7-15-38(40)52-53-54)19-26-39(37)55(48(50)61)49(62)65-29-31-17-22-35(23-18-31)57(63)64/h1-8,11-26,28,41-45,58H,27,29H2,(H2,51,59). The van der Waals surface area contributed by atoms with Gasteiger partial charge in [-0.2, -0.15) is 0 Å². The van der Waals surface area contributed by atoms with Gasteiger partial charge in [-0.05, 0) is 82.4 Å². The third kappa shape index (κ3) is 6.77. The Kier molecular flexibility index (Phi) is 10.3. The minimum absolute atomic E-state index is 0.0561. The predicted octanol–water partition coefficient (Wildman–Crippen LogP) is 6.58. The molecule has 0 radical (unpaired) electrons. The molecular weight excluding hydrogens is 843 g/mol. The Bertz CT molecular complexity index is 3130. The first kappa shape index (κ1) is 41.3. The molecule has 2 fully saturated rings. The molecule has 3 N–H and O–H groups in total. The molecule has 10 rings (SSSR count). The molecule has 2 saturated heterocycles. The molecule has 3 aliphatic heterocycles. The summed E-state index contributed by atoms with van der Waals surface area (Å²) in [6.45, 7) is -0.232. The molecule has 6 atom stereocenters. The lowest BCUT2D eigenvalue weighted by atomic mass is 9.65. The molecule has 7 aromatic rings. The minimum atomic E-state index is -2.13. The quantitative estimate of drug-likeness (QED) is 0.0717. The van der Waals surface area contributed by atoms with Gasteiger partial charge in [0.05, 0.1) is 34.1 Å². The molecular formula is C50H37N7O9. The van der Waals surface area contributed by atoms with Crippen LogP contribution in [0.4, 0.5) is 16.2 Å². The zero-order chi connectivity index (χ0) is 45.7. The third-order valence-electron chi connectivity index (χ3n) is 12.5. The number of ether oxygens (including phenoxy) is 2. The van der Waals surface area contributed by atoms with Crippen LogP contribution in [-0.2, 0) is 42.4 Å². The van der Waals surface area contributed by atoms with E-state index < -0.39 is 64.4 Å². The Balaban J connectivity index is 1.18. The number of morpholine rings is 1. The number of aromatic nitrogens is 3. The second kappa shape index (κ2) is 16.5. The van der Waals surface area contributed by atoms with Crippen molar-refractivity contribution in [3.63, 3.8) is 0 Å². The molecule has 4 heterocycles. The number of primary amides is 1. The maximum Gasteiger partial charge on any atom is 0.421 e. The highest BCUT2D eigenvalue weighted by molar-refractivity contribution is 6.23. The van der Waals surface area contributed by atoms with Crippen LogP contribution in [0, 0.1) is 27.9 Å². The van der Waals surface area contributed by atoms with E-state index in [4.69, 9.17) is 15.2 Å². The van der Waals surface area contributed by atoms with Crippen molar-refractivity contribution in [1.82, 2.24) is 19.9 Å². The average Bonchev–Trinajstić information content (AvgIpc) is 3.98. The molecule has 6 aromatic carbocycles. The topological polar surface area (TPSA) is 213 Å². The van der Waals surface area contributed by atoms with E-state index >= 15 is 4.79 Å². The summed E-state index contributed by atoms with van der Waals surface area (Å²) in [6, 6.07) is 38.5. The Morgan fingerprint density at radius 3 is 2.21 bits per heavy atom. The number of amides is 3. The molecule has 16 heteroatoms. The summed E-state index contributed by atoms with van der Waals surface area (Å²) in [5.74, 6) is 1.81. The van der Waals surface area contributed by atoms with E-state index in [2.05, 4.69) is 22.2 Å². The van der Waals surface area contributed by atoms with Crippen molar-refractivity contribution in [2.45, 2.75) is 42.8 Å². The van der Waals surface area contributed by atoms with Crippen molar-refractivity contribution in [3.8, 4) is 17.6 Å². The SMILES string of the molecule is NC(=O)C1C2C(=O)OC(c3ccccc3)C(c3ccccc3)N2C(c2ccc(O)cc2)C12C(=O)N(C(=O)OCc1ccc([N+](=O)[O-])cc1)c1ccc(C#CCn3nnc4ccccc43)cc12. The number of hydrogen-bond acceptors (Lipinski definition) is 12. The van der Waals surface area contributed by atoms with Gasteiger partial charge in [0, 0.05) is 17.7 Å². The van der Waals surface area contributed by atoms with Crippen molar-refractivity contribution in [1.29, 1.82) is 0 Å². The number of fused-ring (bicyclic) bond motifs is 4. The van der Waals surface area contributed by atoms with Gasteiger partial charge in [0.1, 0.15) is 42.0 Å². The van der Waals surface area contributed by atoms with Gasteiger partial charge in [-0.1, -0.05) is 102 Å². The zero-order valence-corrected chi connectivity index (χ0v) is 34.7. The van der Waals surface area contributed by atoms with Crippen LogP contribution in [0.2, 0.25) is 0 Å². The number of phenols is 1. The van der Waals surface area contributed by atoms with E-state index in [1.807, 2.05) is 89.8 Å². The number of nitrogens with two attached hydrogens (primary N) is 1. The summed E-state index contributed by atoms with van der Waals surface area (Å²) in [4.78, 5) is 73.4. The van der Waals surface area contributed by atoms with Crippen LogP contribution in [0.1, 0.15) is 51.6 Å². The molecule has 16 nitrogen and oxygen atoms in total. The molecule has 1 spiro atoms. The summed E-state index contributed by atoms with van der Waals surface area (Å²) in [5.41, 5.74) is 8.39. The fraction of sp³-hybridized carbons (Fsp3) is 0.160. The Hall–Kier alpha value is -8.68. The largest absolute Gasteiger partial charge is 0.508 e. The lowest BCUT2D eigenvalue weighted by Gasteiger charge is -2.46. The smallest absolute Gasteiger partial charge is 0.421 e. The number of non-ortho nitro benzene ring substituents is 1. The zero-order valence-electron chi connectivity index (χ0n) is 34.7. The summed E-state index contributed by atoms with van der Waals surface area (Å²) >= 11 is 0. The highest BCUT2D eigenvalue weighted by atomic mass is 16.6. The van der Waals surface area contributed by atoms with Crippen LogP contribution >= 0.6 is 0 Å². The van der Waals surface area contributed by atoms with Crippen LogP contribution < -0.4 is 10.6 Å². The first-order valence-electron chi connectivity index (χ1n) is 20.9. The molecule has 6 unspecified atom stereocenters. The van der Waals surface area contributed by atoms with Crippen molar-refractivity contribution >= 4 is 46.3 Å². The number of cyclic esters (lactones) is 1. The van der Waals surface area contributed by atoms with E-state index in [9.17, 15) is 29.6 Å². The summed E-state index contributed by atoms with van der Waals surface area (Å²) in [5, 5.41) is 30.4. The van der Waals surface area contributed by atoms with Crippen molar-refractivity contribution in [2.24, 2.45) is 11.7 Å². The average molecular weight is 880 g/mol. The van der Waals surface area contributed by atoms with Crippen LogP contribution in [0.15, 0.2) is 152 Å². The number of phenolic OH excluding ortho intramolecular Hbond substituents is 1. The normalized spacial score (nSPS) is 22.0. The molecule has 0 aliphatic carbocycles. The summed E-state index contributed by atoms with van der Waals surface area (Å²) in [6.07, 6.45) is -2.07. The number of nitro groups is 1. The fourth-order valence-corrected chi connectivity index (χ4v) is 9.83. The lowest BCUT2D eigenvalue weighted by molar-refractivity contribution is -0.384. The molecule has 0 saturated carbocycles. The summed E-state index contributed by atoms with van der Waals surface area (Å²) in [7, 11) is 0. The van der Waals surface area contributed by atoms with Gasteiger partial charge in [0.25, 0.3) is 5.69 Å². The molecule has 326 valence electrons. The maximum absolute atomic E-state index is 16.0. The van der Waals surface area contributed by atoms with Gasteiger partial charge in [0.2, 0.25) is 11.8 Å². The van der Waals surface area contributed by atoms with Crippen LogP contribution in [0.25, 0.3) is 11.0 Å². The van der Waals surface area contributed by atoms with Crippen LogP contribution in [0.5, 0.6) is 5.75 Å². The highest BCUT2D eigenvalue weighted by Crippen LogP contribution is 2.65. The van der Waals surface area contributed by atoms with Gasteiger partial charge in [-0.3, -0.25) is 29.4 Å². The van der Waals surface area contributed by atoms with Crippen molar-refractivity contribution < 1.29 is 38.7 Å². The van der Waals surface area contributed by atoms with Gasteiger partial charge >= 0.3 is 12.1 Å². The molecule has 1 aromatic heterocycles. The molecule has 0 bridgehead atoms. The second-order valence-electron chi connectivity index (χ2n) is 16.1. The Morgan fingerprint density at radius 1 is 0.833 bits per heavy atom. The fourth-order valence-electron chi connectivity index (χ4n) is 9.83. The minimum Gasteiger partial charge on any atom is -0.508 e. The first-order chi connectivity index (χ1) is 32.1. The molecule has 3 aliphatic rings. The van der Waals surface area contributed by atoms with Crippen molar-refractivity contribution in [3.05, 3.63) is 195 Å². The number of aromatic hydroxyl groups is 1. The van der Waals surface area contributed by atoms with E-state index in [0.29, 0.717) is 33.3 Å². The summed E-state index contributed by atoms with van der Waals surface area (Å²) < 4.78 is 13.8. The number of rotatable bonds is 8. The first-order valence-corrected chi connectivity index (χ1v) is 20.9. The molecule has 3 amide bonds. The number of para-hydroxylation sites is 1. The van der Waals surface area contributed by atoms with Crippen LogP contribution in [-0.4, -0.2) is 59.8 Å². The number of benzene rings is 6. The third-order valence-corrected chi connectivity index (χ3v) is 12.5. The molecule has 66 heavy (non-hydrogen) atoms. The number of esters is 1. The van der Waals surface area contributed by atoms with Gasteiger partial charge in [-0.15, -0.1) is 5.10 Å². The predicted molar refractivity (Wildman–Crippen MR) is 237 cm³/mol. The number of nitro benzene ring substituents is 1. The van der Waals surface area contributed by atoms with E-state index in [1.54, 1.807) is 28.9 Å². The number of anilines is 1. The van der Waals surface area contributed by atoms with E-state index in [0.717, 1.165) is 10.4 Å². The van der Waals surface area contributed by atoms with Crippen LogP contribution in [0.3, 0.4) is 0 Å². The number of hydrogen-bond donors (Lipinski definition) is 2. The van der Waals surface area contributed by atoms with E-state index in [1.165, 1.54) is 42.5 Å². The Labute approximate surface area is 375 Å². The maximum atomic E-state index is 16.0. The van der Waals surface area contributed by atoms with E-state index in [-0.39, 0.29) is 35.8 Å². The van der Waals surface area contributed by atoms with Gasteiger partial charge in [0.15, 0.2) is 0 Å². The second-order valence-corrected chi connectivity index (χ2v) is 16.1. The lowest BCUT2D eigenvalue weighted by Crippen LogP contribution is -2.55. The Morgan fingerprint density at radius 2 is 1.52 bits per heavy atom.